The van der Waals surface area contributed by atoms with E-state index in [2.05, 4.69) is 0 Å². The van der Waals surface area contributed by atoms with Crippen molar-refractivity contribution in [1.82, 2.24) is 4.90 Å². The minimum Gasteiger partial charge on any atom is -0.379 e. The van der Waals surface area contributed by atoms with Gasteiger partial charge in [0.2, 0.25) is 0 Å². The van der Waals surface area contributed by atoms with Crippen LogP contribution in [0.3, 0.4) is 0 Å². The number of carbonyl (C=O) groups excluding carboxylic acids is 3. The van der Waals surface area contributed by atoms with E-state index < -0.39 is 0 Å². The van der Waals surface area contributed by atoms with E-state index in [9.17, 15) is 14.4 Å². The van der Waals surface area contributed by atoms with Crippen LogP contribution in [0.5, 0.6) is 0 Å². The summed E-state index contributed by atoms with van der Waals surface area (Å²) in [7, 11) is 0. The molecule has 0 spiro atoms. The van der Waals surface area contributed by atoms with Gasteiger partial charge in [-0.2, -0.15) is 0 Å². The molecule has 2 amide bonds. The Morgan fingerprint density at radius 3 is 1.69 bits per heavy atom. The van der Waals surface area contributed by atoms with Crippen molar-refractivity contribution in [2.45, 2.75) is 20.3 Å². The molecule has 0 atom stereocenters. The minimum absolute atomic E-state index is 0.0539. The molecule has 0 bridgehead atoms. The average molecular weight is 371 g/mol. The Labute approximate surface area is 154 Å². The van der Waals surface area contributed by atoms with Crippen LogP contribution in [0, 0.1) is 5.92 Å². The number of hydrogen-bond donors (Lipinski definition) is 0. The molecule has 26 heavy (non-hydrogen) atoms. The fourth-order valence-electron chi connectivity index (χ4n) is 2.03. The Bertz CT molecular complexity index is 458. The topological polar surface area (TPSA) is 91.4 Å². The molecular weight excluding hydrogens is 342 g/mol. The first-order chi connectivity index (χ1) is 12.5. The molecular formula is C18H29NO7. The predicted octanol–water partition coefficient (Wildman–Crippen LogP) is 0.593. The van der Waals surface area contributed by atoms with Gasteiger partial charge in [-0.25, -0.2) is 0 Å². The van der Waals surface area contributed by atoms with Gasteiger partial charge < -0.3 is 18.9 Å². The van der Waals surface area contributed by atoms with E-state index in [1.165, 1.54) is 12.2 Å². The molecule has 1 aliphatic heterocycles. The summed E-state index contributed by atoms with van der Waals surface area (Å²) >= 11 is 0. The van der Waals surface area contributed by atoms with Gasteiger partial charge in [0.25, 0.3) is 11.8 Å². The summed E-state index contributed by atoms with van der Waals surface area (Å²) < 4.78 is 21.3. The Balaban J connectivity index is 1.78. The van der Waals surface area contributed by atoms with Gasteiger partial charge in [-0.05, 0) is 0 Å². The first-order valence-electron chi connectivity index (χ1n) is 8.89. The van der Waals surface area contributed by atoms with Gasteiger partial charge in [-0.15, -0.1) is 0 Å². The molecule has 0 aromatic carbocycles. The van der Waals surface area contributed by atoms with Crippen molar-refractivity contribution in [3.8, 4) is 0 Å². The van der Waals surface area contributed by atoms with Crippen LogP contribution in [-0.2, 0) is 33.3 Å². The maximum Gasteiger partial charge on any atom is 0.253 e. The number of hydrogen-bond acceptors (Lipinski definition) is 7. The molecule has 0 saturated carbocycles. The average Bonchev–Trinajstić information content (AvgIpc) is 2.93. The lowest BCUT2D eigenvalue weighted by molar-refractivity contribution is -0.137. The molecule has 1 aliphatic rings. The van der Waals surface area contributed by atoms with E-state index in [0.717, 1.165) is 4.90 Å². The highest BCUT2D eigenvalue weighted by Gasteiger charge is 2.22. The number of ether oxygens (including phenoxy) is 4. The normalized spacial score (nSPS) is 14.0. The predicted molar refractivity (Wildman–Crippen MR) is 93.6 cm³/mol. The quantitative estimate of drug-likeness (QED) is 0.290. The van der Waals surface area contributed by atoms with Crippen molar-refractivity contribution in [2.24, 2.45) is 5.92 Å². The monoisotopic (exact) mass is 371 g/mol. The Morgan fingerprint density at radius 1 is 0.808 bits per heavy atom. The Morgan fingerprint density at radius 2 is 1.23 bits per heavy atom. The van der Waals surface area contributed by atoms with E-state index in [-0.39, 0.29) is 36.7 Å². The second kappa shape index (κ2) is 13.6. The van der Waals surface area contributed by atoms with Gasteiger partial charge in [0, 0.05) is 24.5 Å². The zero-order valence-corrected chi connectivity index (χ0v) is 15.6. The fraction of sp³-hybridized carbons (Fsp3) is 0.722. The smallest absolute Gasteiger partial charge is 0.253 e. The van der Waals surface area contributed by atoms with Crippen molar-refractivity contribution in [1.29, 1.82) is 0 Å². The molecule has 0 saturated heterocycles. The van der Waals surface area contributed by atoms with Crippen LogP contribution in [0.25, 0.3) is 0 Å². The second-order valence-electron chi connectivity index (χ2n) is 5.98. The maximum absolute atomic E-state index is 11.4. The van der Waals surface area contributed by atoms with Crippen LogP contribution in [0.15, 0.2) is 12.2 Å². The Hall–Kier alpha value is -1.61. The van der Waals surface area contributed by atoms with Gasteiger partial charge >= 0.3 is 0 Å². The summed E-state index contributed by atoms with van der Waals surface area (Å²) in [4.78, 5) is 35.1. The van der Waals surface area contributed by atoms with Crippen molar-refractivity contribution in [3.63, 3.8) is 0 Å². The fourth-order valence-corrected chi connectivity index (χ4v) is 2.03. The van der Waals surface area contributed by atoms with Crippen molar-refractivity contribution < 1.29 is 33.3 Å². The molecule has 8 heteroatoms. The van der Waals surface area contributed by atoms with Crippen molar-refractivity contribution >= 4 is 17.6 Å². The van der Waals surface area contributed by atoms with Crippen molar-refractivity contribution in [3.05, 3.63) is 12.2 Å². The number of amides is 2. The van der Waals surface area contributed by atoms with E-state index >= 15 is 0 Å². The summed E-state index contributed by atoms with van der Waals surface area (Å²) in [6.45, 7) is 7.34. The van der Waals surface area contributed by atoms with Gasteiger partial charge in [0.1, 0.15) is 5.78 Å². The molecule has 0 aromatic heterocycles. The molecule has 0 fully saturated rings. The number of imide groups is 1. The van der Waals surface area contributed by atoms with E-state index in [4.69, 9.17) is 18.9 Å². The highest BCUT2D eigenvalue weighted by atomic mass is 16.6. The number of ketones is 1. The van der Waals surface area contributed by atoms with E-state index in [0.29, 0.717) is 52.7 Å². The SMILES string of the molecule is CC(C)C(=O)CCOCCOCCOCCOCCN1C(=O)C=CC1=O. The summed E-state index contributed by atoms with van der Waals surface area (Å²) in [5.41, 5.74) is 0. The number of rotatable bonds is 16. The van der Waals surface area contributed by atoms with Crippen LogP contribution in [0.1, 0.15) is 20.3 Å². The number of nitrogens with zero attached hydrogens (tertiary/aromatic N) is 1. The van der Waals surface area contributed by atoms with E-state index in [1.54, 1.807) is 0 Å². The van der Waals surface area contributed by atoms with Gasteiger partial charge in [0.05, 0.1) is 59.4 Å². The Kier molecular flexibility index (Phi) is 11.7. The largest absolute Gasteiger partial charge is 0.379 e. The zero-order valence-electron chi connectivity index (χ0n) is 15.6. The molecule has 0 aliphatic carbocycles. The summed E-state index contributed by atoms with van der Waals surface area (Å²) in [5.74, 6) is -0.347. The lowest BCUT2D eigenvalue weighted by Crippen LogP contribution is -2.33. The molecule has 0 unspecified atom stereocenters. The molecule has 1 rings (SSSR count). The van der Waals surface area contributed by atoms with Crippen molar-refractivity contribution in [2.75, 3.05) is 59.4 Å². The maximum atomic E-state index is 11.4. The van der Waals surface area contributed by atoms with E-state index in [1.807, 2.05) is 13.8 Å². The van der Waals surface area contributed by atoms with Crippen LogP contribution in [0.4, 0.5) is 0 Å². The third kappa shape index (κ3) is 9.76. The lowest BCUT2D eigenvalue weighted by Gasteiger charge is -2.13. The summed E-state index contributed by atoms with van der Waals surface area (Å²) in [6.07, 6.45) is 2.95. The minimum atomic E-state index is -0.303. The zero-order chi connectivity index (χ0) is 19.2. The van der Waals surface area contributed by atoms with Gasteiger partial charge in [-0.1, -0.05) is 13.8 Å². The molecule has 0 N–H and O–H groups in total. The summed E-state index contributed by atoms with van der Waals surface area (Å²) in [5, 5.41) is 0. The third-order valence-electron chi connectivity index (χ3n) is 3.61. The number of Topliss-reactive ketones (excluding diaryl/α,β-unsaturated/α-hetero) is 1. The third-order valence-corrected chi connectivity index (χ3v) is 3.61. The standard InChI is InChI=1S/C18H29NO7/c1-15(2)16(20)5-7-23-9-11-25-13-14-26-12-10-24-8-6-19-17(21)3-4-18(19)22/h3-4,15H,5-14H2,1-2H3. The first kappa shape index (κ1) is 22.4. The highest BCUT2D eigenvalue weighted by Crippen LogP contribution is 2.02. The van der Waals surface area contributed by atoms with Crippen LogP contribution >= 0.6 is 0 Å². The van der Waals surface area contributed by atoms with Gasteiger partial charge in [-0.3, -0.25) is 19.3 Å². The number of carbonyl (C=O) groups is 3. The molecule has 0 aromatic rings. The second-order valence-corrected chi connectivity index (χ2v) is 5.98. The van der Waals surface area contributed by atoms with Crippen LogP contribution in [-0.4, -0.2) is 81.9 Å². The highest BCUT2D eigenvalue weighted by molar-refractivity contribution is 6.12. The lowest BCUT2D eigenvalue weighted by atomic mass is 10.1. The van der Waals surface area contributed by atoms with Crippen LogP contribution < -0.4 is 0 Å². The molecule has 8 nitrogen and oxygen atoms in total. The molecule has 148 valence electrons. The molecule has 1 heterocycles. The molecule has 0 radical (unpaired) electrons. The first-order valence-corrected chi connectivity index (χ1v) is 8.89. The summed E-state index contributed by atoms with van der Waals surface area (Å²) in [6, 6.07) is 0. The van der Waals surface area contributed by atoms with Crippen LogP contribution in [0.2, 0.25) is 0 Å². The van der Waals surface area contributed by atoms with Gasteiger partial charge in [0.15, 0.2) is 0 Å².